The van der Waals surface area contributed by atoms with Crippen LogP contribution in [0.25, 0.3) is 11.4 Å². The van der Waals surface area contributed by atoms with E-state index in [1.807, 2.05) is 37.4 Å². The predicted octanol–water partition coefficient (Wildman–Crippen LogP) is 1.69. The lowest BCUT2D eigenvalue weighted by Crippen LogP contribution is -2.11. The van der Waals surface area contributed by atoms with Crippen molar-refractivity contribution in [3.05, 3.63) is 29.8 Å². The lowest BCUT2D eigenvalue weighted by molar-refractivity contribution is 0.852. The molecule has 0 atom stereocenters. The van der Waals surface area contributed by atoms with Crippen LogP contribution in [-0.2, 0) is 0 Å². The van der Waals surface area contributed by atoms with Crippen LogP contribution in [0.15, 0.2) is 29.4 Å². The molecule has 0 saturated carbocycles. The van der Waals surface area contributed by atoms with E-state index in [0.29, 0.717) is 11.0 Å². The molecule has 0 saturated heterocycles. The van der Waals surface area contributed by atoms with Gasteiger partial charge in [-0.1, -0.05) is 41.6 Å². The zero-order valence-electron chi connectivity index (χ0n) is 8.64. The number of nitrogens with two attached hydrogens (primary N) is 1. The summed E-state index contributed by atoms with van der Waals surface area (Å²) in [4.78, 5) is 0. The molecule has 1 aromatic heterocycles. The molecule has 15 heavy (non-hydrogen) atoms. The van der Waals surface area contributed by atoms with E-state index >= 15 is 0 Å². The Morgan fingerprint density at radius 2 is 1.87 bits per heavy atom. The molecule has 0 aliphatic carbocycles. The van der Waals surface area contributed by atoms with Crippen molar-refractivity contribution in [2.75, 3.05) is 12.1 Å². The molecule has 1 heterocycles. The van der Waals surface area contributed by atoms with Gasteiger partial charge in [0.15, 0.2) is 5.82 Å². The summed E-state index contributed by atoms with van der Waals surface area (Å²) >= 11 is 1.48. The molecule has 0 bridgehead atoms. The molecule has 5 heteroatoms. The molecule has 0 unspecified atom stereocenters. The van der Waals surface area contributed by atoms with Crippen molar-refractivity contribution in [3.63, 3.8) is 0 Å². The Labute approximate surface area is 92.5 Å². The van der Waals surface area contributed by atoms with Gasteiger partial charge < -0.3 is 5.84 Å². The van der Waals surface area contributed by atoms with E-state index < -0.39 is 0 Å². The summed E-state index contributed by atoms with van der Waals surface area (Å²) in [5, 5.41) is 8.75. The SMILES string of the molecule is CSc1nnc(-c2ccc(C)cc2)n1N. The van der Waals surface area contributed by atoms with Crippen molar-refractivity contribution in [2.45, 2.75) is 12.1 Å². The Balaban J connectivity index is 2.45. The van der Waals surface area contributed by atoms with Crippen LogP contribution in [-0.4, -0.2) is 21.1 Å². The molecule has 0 aliphatic rings. The quantitative estimate of drug-likeness (QED) is 0.618. The Morgan fingerprint density at radius 3 is 2.40 bits per heavy atom. The van der Waals surface area contributed by atoms with Gasteiger partial charge in [0.05, 0.1) is 0 Å². The highest BCUT2D eigenvalue weighted by Crippen LogP contribution is 2.20. The first-order chi connectivity index (χ1) is 7.22. The minimum atomic E-state index is 0.694. The second-order valence-corrected chi connectivity index (χ2v) is 4.02. The van der Waals surface area contributed by atoms with Crippen molar-refractivity contribution < 1.29 is 0 Å². The van der Waals surface area contributed by atoms with Crippen LogP contribution in [0.2, 0.25) is 0 Å². The van der Waals surface area contributed by atoms with Crippen molar-refractivity contribution in [1.29, 1.82) is 0 Å². The van der Waals surface area contributed by atoms with Crippen LogP contribution in [0, 0.1) is 6.92 Å². The van der Waals surface area contributed by atoms with Crippen LogP contribution in [0.3, 0.4) is 0 Å². The number of thioether (sulfide) groups is 1. The summed E-state index contributed by atoms with van der Waals surface area (Å²) in [5.74, 6) is 6.55. The lowest BCUT2D eigenvalue weighted by Gasteiger charge is -2.02. The van der Waals surface area contributed by atoms with E-state index in [4.69, 9.17) is 5.84 Å². The van der Waals surface area contributed by atoms with Crippen molar-refractivity contribution in [3.8, 4) is 11.4 Å². The van der Waals surface area contributed by atoms with Gasteiger partial charge in [-0.3, -0.25) is 0 Å². The summed E-state index contributed by atoms with van der Waals surface area (Å²) in [6, 6.07) is 8.05. The Kier molecular flexibility index (Phi) is 2.64. The number of aryl methyl sites for hydroxylation is 1. The number of hydrogen-bond acceptors (Lipinski definition) is 4. The maximum Gasteiger partial charge on any atom is 0.209 e. The largest absolute Gasteiger partial charge is 0.335 e. The molecule has 2 N–H and O–H groups in total. The fourth-order valence-corrected chi connectivity index (χ4v) is 1.72. The minimum Gasteiger partial charge on any atom is -0.335 e. The normalized spacial score (nSPS) is 10.5. The second-order valence-electron chi connectivity index (χ2n) is 3.25. The summed E-state index contributed by atoms with van der Waals surface area (Å²) in [6.45, 7) is 2.05. The zero-order valence-corrected chi connectivity index (χ0v) is 9.45. The summed E-state index contributed by atoms with van der Waals surface area (Å²) in [7, 11) is 0. The van der Waals surface area contributed by atoms with E-state index in [2.05, 4.69) is 10.2 Å². The molecular weight excluding hydrogens is 208 g/mol. The topological polar surface area (TPSA) is 56.7 Å². The molecule has 0 fully saturated rings. The average Bonchev–Trinajstić information content (AvgIpc) is 2.61. The van der Waals surface area contributed by atoms with Crippen molar-refractivity contribution in [1.82, 2.24) is 14.9 Å². The number of hydrogen-bond donors (Lipinski definition) is 1. The van der Waals surface area contributed by atoms with E-state index in [0.717, 1.165) is 5.56 Å². The van der Waals surface area contributed by atoms with Crippen molar-refractivity contribution in [2.24, 2.45) is 0 Å². The van der Waals surface area contributed by atoms with Crippen LogP contribution >= 0.6 is 11.8 Å². The van der Waals surface area contributed by atoms with Gasteiger partial charge in [0.1, 0.15) is 0 Å². The number of rotatable bonds is 2. The number of nitrogen functional groups attached to an aromatic ring is 1. The molecule has 0 aliphatic heterocycles. The van der Waals surface area contributed by atoms with Crippen LogP contribution in [0.4, 0.5) is 0 Å². The van der Waals surface area contributed by atoms with Gasteiger partial charge >= 0.3 is 0 Å². The summed E-state index contributed by atoms with van der Waals surface area (Å²) in [5.41, 5.74) is 2.20. The van der Waals surface area contributed by atoms with Gasteiger partial charge in [-0.2, -0.15) is 0 Å². The highest BCUT2D eigenvalue weighted by atomic mass is 32.2. The van der Waals surface area contributed by atoms with Gasteiger partial charge in [0.2, 0.25) is 5.16 Å². The lowest BCUT2D eigenvalue weighted by atomic mass is 10.1. The Bertz CT molecular complexity index is 461. The minimum absolute atomic E-state index is 0.694. The molecular formula is C10H12N4S. The van der Waals surface area contributed by atoms with Crippen LogP contribution in [0.5, 0.6) is 0 Å². The molecule has 0 amide bonds. The molecule has 4 nitrogen and oxygen atoms in total. The van der Waals surface area contributed by atoms with Crippen molar-refractivity contribution >= 4 is 11.8 Å². The monoisotopic (exact) mass is 220 g/mol. The van der Waals surface area contributed by atoms with E-state index in [9.17, 15) is 0 Å². The first kappa shape index (κ1) is 10.0. The van der Waals surface area contributed by atoms with E-state index in [-0.39, 0.29) is 0 Å². The van der Waals surface area contributed by atoms with Gasteiger partial charge in [-0.15, -0.1) is 10.2 Å². The second kappa shape index (κ2) is 3.94. The smallest absolute Gasteiger partial charge is 0.209 e. The van der Waals surface area contributed by atoms with E-state index in [1.54, 1.807) is 0 Å². The summed E-state index contributed by atoms with van der Waals surface area (Å²) in [6.07, 6.45) is 1.92. The van der Waals surface area contributed by atoms with Gasteiger partial charge in [-0.25, -0.2) is 4.68 Å². The highest BCUT2D eigenvalue weighted by molar-refractivity contribution is 7.98. The molecule has 0 radical (unpaired) electrons. The predicted molar refractivity (Wildman–Crippen MR) is 62.1 cm³/mol. The maximum absolute atomic E-state index is 5.85. The average molecular weight is 220 g/mol. The fourth-order valence-electron chi connectivity index (χ4n) is 1.32. The number of benzene rings is 1. The van der Waals surface area contributed by atoms with Crippen LogP contribution < -0.4 is 5.84 Å². The third-order valence-corrected chi connectivity index (χ3v) is 2.80. The van der Waals surface area contributed by atoms with Crippen LogP contribution in [0.1, 0.15) is 5.56 Å². The third kappa shape index (κ3) is 1.83. The van der Waals surface area contributed by atoms with Gasteiger partial charge in [-0.05, 0) is 13.2 Å². The molecule has 0 spiro atoms. The molecule has 2 rings (SSSR count). The summed E-state index contributed by atoms with van der Waals surface area (Å²) < 4.78 is 1.51. The first-order valence-corrected chi connectivity index (χ1v) is 5.76. The molecule has 1 aromatic carbocycles. The standard InChI is InChI=1S/C10H12N4S/c1-7-3-5-8(6-4-7)9-12-13-10(15-2)14(9)11/h3-6H,11H2,1-2H3. The van der Waals surface area contributed by atoms with Gasteiger partial charge in [0.25, 0.3) is 0 Å². The molecule has 78 valence electrons. The third-order valence-electron chi connectivity index (χ3n) is 2.16. The Morgan fingerprint density at radius 1 is 1.20 bits per heavy atom. The van der Waals surface area contributed by atoms with Gasteiger partial charge in [0, 0.05) is 5.56 Å². The molecule has 2 aromatic rings. The van der Waals surface area contributed by atoms with E-state index in [1.165, 1.54) is 22.0 Å². The maximum atomic E-state index is 5.85. The number of aromatic nitrogens is 3. The fraction of sp³-hybridized carbons (Fsp3) is 0.200. The first-order valence-electron chi connectivity index (χ1n) is 4.54. The zero-order chi connectivity index (χ0) is 10.8. The number of nitrogens with zero attached hydrogens (tertiary/aromatic N) is 3. The Hall–Kier alpha value is -1.49. The highest BCUT2D eigenvalue weighted by Gasteiger charge is 2.09.